The second-order valence-corrected chi connectivity index (χ2v) is 5.46. The van der Waals surface area contributed by atoms with Gasteiger partial charge >= 0.3 is 0 Å². The van der Waals surface area contributed by atoms with Crippen molar-refractivity contribution in [1.82, 2.24) is 20.4 Å². The van der Waals surface area contributed by atoms with Gasteiger partial charge in [0.05, 0.1) is 23.6 Å². The maximum atomic E-state index is 4.17. The van der Waals surface area contributed by atoms with Crippen LogP contribution in [0.5, 0.6) is 0 Å². The Labute approximate surface area is 129 Å². The molecular formula is C18H18N4. The van der Waals surface area contributed by atoms with Crippen LogP contribution in [0.2, 0.25) is 0 Å². The number of nitrogens with zero attached hydrogens (tertiary/aromatic N) is 2. The molecule has 0 aliphatic heterocycles. The molecule has 0 saturated carbocycles. The summed E-state index contributed by atoms with van der Waals surface area (Å²) >= 11 is 0. The predicted molar refractivity (Wildman–Crippen MR) is 91.3 cm³/mol. The minimum Gasteiger partial charge on any atom is -0.278 e. The van der Waals surface area contributed by atoms with Gasteiger partial charge in [-0.15, -0.1) is 0 Å². The van der Waals surface area contributed by atoms with Crippen LogP contribution in [0.25, 0.3) is 27.6 Å². The zero-order valence-electron chi connectivity index (χ0n) is 12.7. The van der Waals surface area contributed by atoms with E-state index in [0.29, 0.717) is 0 Å². The van der Waals surface area contributed by atoms with Gasteiger partial charge in [-0.3, -0.25) is 10.2 Å². The fourth-order valence-corrected chi connectivity index (χ4v) is 2.30. The van der Waals surface area contributed by atoms with Crippen molar-refractivity contribution in [2.75, 3.05) is 0 Å². The van der Waals surface area contributed by atoms with E-state index < -0.39 is 0 Å². The van der Waals surface area contributed by atoms with Crippen molar-refractivity contribution in [2.45, 2.75) is 13.8 Å². The average molecular weight is 290 g/mol. The van der Waals surface area contributed by atoms with Gasteiger partial charge in [0, 0.05) is 10.9 Å². The van der Waals surface area contributed by atoms with Gasteiger partial charge in [-0.05, 0) is 37.1 Å². The zero-order valence-corrected chi connectivity index (χ0v) is 12.7. The molecule has 2 N–H and O–H groups in total. The number of rotatable bonds is 4. The van der Waals surface area contributed by atoms with Gasteiger partial charge in [0.1, 0.15) is 0 Å². The largest absolute Gasteiger partial charge is 0.278 e. The summed E-state index contributed by atoms with van der Waals surface area (Å²) in [5.41, 5.74) is 6.23. The molecule has 0 aliphatic rings. The van der Waals surface area contributed by atoms with E-state index in [1.54, 1.807) is 0 Å². The van der Waals surface area contributed by atoms with Crippen LogP contribution in [0.3, 0.4) is 0 Å². The molecule has 4 nitrogen and oxygen atoms in total. The third kappa shape index (κ3) is 2.76. The van der Waals surface area contributed by atoms with E-state index in [1.807, 2.05) is 30.6 Å². The molecule has 22 heavy (non-hydrogen) atoms. The van der Waals surface area contributed by atoms with E-state index in [9.17, 15) is 0 Å². The lowest BCUT2D eigenvalue weighted by molar-refractivity contribution is 1.08. The third-order valence-electron chi connectivity index (χ3n) is 3.44. The van der Waals surface area contributed by atoms with Gasteiger partial charge < -0.3 is 0 Å². The number of nitrogens with one attached hydrogen (secondary N) is 2. The van der Waals surface area contributed by atoms with Gasteiger partial charge in [-0.2, -0.15) is 10.2 Å². The van der Waals surface area contributed by atoms with Crippen molar-refractivity contribution < 1.29 is 0 Å². The monoisotopic (exact) mass is 290 g/mol. The molecule has 3 aromatic rings. The van der Waals surface area contributed by atoms with E-state index in [2.05, 4.69) is 59.0 Å². The Hall–Kier alpha value is -2.88. The number of H-pyrrole nitrogens is 2. The quantitative estimate of drug-likeness (QED) is 0.696. The Morgan fingerprint density at radius 1 is 1.14 bits per heavy atom. The maximum absolute atomic E-state index is 4.17. The van der Waals surface area contributed by atoms with Gasteiger partial charge in [0.2, 0.25) is 0 Å². The highest BCUT2D eigenvalue weighted by atomic mass is 15.1. The standard InChI is InChI=1S/C18H18N4/c1-12(2)5-4-6-13(3)18-16(11-20-22-18)14-7-8-17-15(9-14)10-19-21-17/h4-11H,3H2,1-2H3,(H,19,21)(H,20,22)/b6-4-. The Kier molecular flexibility index (Phi) is 3.74. The summed E-state index contributed by atoms with van der Waals surface area (Å²) in [5, 5.41) is 15.3. The fraction of sp³-hybridized carbons (Fsp3) is 0.111. The fourth-order valence-electron chi connectivity index (χ4n) is 2.30. The molecule has 0 spiro atoms. The molecule has 110 valence electrons. The molecule has 0 atom stereocenters. The average Bonchev–Trinajstić information content (AvgIpc) is 3.14. The van der Waals surface area contributed by atoms with E-state index in [-0.39, 0.29) is 0 Å². The number of benzene rings is 1. The highest BCUT2D eigenvalue weighted by Crippen LogP contribution is 2.29. The number of hydrogen-bond acceptors (Lipinski definition) is 2. The number of hydrogen-bond donors (Lipinski definition) is 2. The zero-order chi connectivity index (χ0) is 15.5. The van der Waals surface area contributed by atoms with Gasteiger partial charge in [-0.25, -0.2) is 0 Å². The SMILES string of the molecule is C=C(/C=C\C=C(C)C)c1[nH]ncc1-c1ccc2[nH]ncc2c1. The van der Waals surface area contributed by atoms with E-state index in [1.165, 1.54) is 5.57 Å². The van der Waals surface area contributed by atoms with Crippen molar-refractivity contribution in [1.29, 1.82) is 0 Å². The van der Waals surface area contributed by atoms with Crippen molar-refractivity contribution >= 4 is 16.5 Å². The van der Waals surface area contributed by atoms with Crippen molar-refractivity contribution in [3.63, 3.8) is 0 Å². The van der Waals surface area contributed by atoms with Crippen molar-refractivity contribution in [2.24, 2.45) is 0 Å². The van der Waals surface area contributed by atoms with Crippen LogP contribution < -0.4 is 0 Å². The van der Waals surface area contributed by atoms with Crippen LogP contribution in [0.1, 0.15) is 19.5 Å². The Morgan fingerprint density at radius 3 is 2.77 bits per heavy atom. The summed E-state index contributed by atoms with van der Waals surface area (Å²) in [6, 6.07) is 6.18. The predicted octanol–water partition coefficient (Wildman–Crippen LogP) is 4.49. The highest BCUT2D eigenvalue weighted by molar-refractivity contribution is 5.88. The van der Waals surface area contributed by atoms with Crippen molar-refractivity contribution in [3.05, 3.63) is 66.7 Å². The molecule has 3 rings (SSSR count). The number of aromatic amines is 2. The van der Waals surface area contributed by atoms with Crippen LogP contribution in [0, 0.1) is 0 Å². The lowest BCUT2D eigenvalue weighted by Crippen LogP contribution is -1.85. The summed E-state index contributed by atoms with van der Waals surface area (Å²) in [7, 11) is 0. The number of aromatic nitrogens is 4. The minimum atomic E-state index is 0.900. The van der Waals surface area contributed by atoms with Crippen molar-refractivity contribution in [3.8, 4) is 11.1 Å². The second kappa shape index (κ2) is 5.85. The molecule has 0 aliphatic carbocycles. The first kappa shape index (κ1) is 14.1. The molecular weight excluding hydrogens is 272 g/mol. The van der Waals surface area contributed by atoms with Crippen LogP contribution in [-0.2, 0) is 0 Å². The van der Waals surface area contributed by atoms with Crippen LogP contribution in [0.4, 0.5) is 0 Å². The van der Waals surface area contributed by atoms with Gasteiger partial charge in [0.25, 0.3) is 0 Å². The summed E-state index contributed by atoms with van der Waals surface area (Å²) in [4.78, 5) is 0. The molecule has 1 aromatic carbocycles. The Balaban J connectivity index is 1.96. The van der Waals surface area contributed by atoms with Gasteiger partial charge in [-0.1, -0.05) is 36.4 Å². The highest BCUT2D eigenvalue weighted by Gasteiger charge is 2.10. The molecule has 4 heteroatoms. The number of fused-ring (bicyclic) bond motifs is 1. The van der Waals surface area contributed by atoms with Gasteiger partial charge in [0.15, 0.2) is 0 Å². The first-order valence-electron chi connectivity index (χ1n) is 7.13. The molecule has 0 saturated heterocycles. The maximum Gasteiger partial charge on any atom is 0.0722 e. The first-order chi connectivity index (χ1) is 10.6. The number of allylic oxidation sites excluding steroid dienone is 5. The normalized spacial score (nSPS) is 11.2. The molecule has 2 aromatic heterocycles. The molecule has 0 bridgehead atoms. The molecule has 0 fully saturated rings. The topological polar surface area (TPSA) is 57.4 Å². The van der Waals surface area contributed by atoms with E-state index in [0.717, 1.165) is 33.3 Å². The summed E-state index contributed by atoms with van der Waals surface area (Å²) in [5.74, 6) is 0. The van der Waals surface area contributed by atoms with Crippen LogP contribution in [-0.4, -0.2) is 20.4 Å². The van der Waals surface area contributed by atoms with Crippen LogP contribution >= 0.6 is 0 Å². The first-order valence-corrected chi connectivity index (χ1v) is 7.13. The molecule has 0 amide bonds. The molecule has 2 heterocycles. The second-order valence-electron chi connectivity index (χ2n) is 5.46. The molecule has 0 unspecified atom stereocenters. The minimum absolute atomic E-state index is 0.900. The Morgan fingerprint density at radius 2 is 1.95 bits per heavy atom. The Bertz CT molecular complexity index is 873. The summed E-state index contributed by atoms with van der Waals surface area (Å²) < 4.78 is 0. The lowest BCUT2D eigenvalue weighted by atomic mass is 10.0. The lowest BCUT2D eigenvalue weighted by Gasteiger charge is -2.03. The smallest absolute Gasteiger partial charge is 0.0722 e. The third-order valence-corrected chi connectivity index (χ3v) is 3.44. The molecule has 0 radical (unpaired) electrons. The summed E-state index contributed by atoms with van der Waals surface area (Å²) in [6.45, 7) is 8.26. The van der Waals surface area contributed by atoms with E-state index in [4.69, 9.17) is 0 Å². The van der Waals surface area contributed by atoms with Crippen LogP contribution in [0.15, 0.2) is 61.0 Å². The van der Waals surface area contributed by atoms with E-state index >= 15 is 0 Å². The summed E-state index contributed by atoms with van der Waals surface area (Å²) in [6.07, 6.45) is 9.69.